The molecule has 0 radical (unpaired) electrons. The molecule has 4 heteroatoms. The Morgan fingerprint density at radius 2 is 1.71 bits per heavy atom. The summed E-state index contributed by atoms with van der Waals surface area (Å²) in [4.78, 5) is 8.97. The average molecular weight is 287 g/mol. The van der Waals surface area contributed by atoms with Crippen LogP contribution in [0.5, 0.6) is 0 Å². The molecule has 1 aromatic carbocycles. The molecule has 0 aliphatic carbocycles. The number of benzene rings is 1. The third-order valence-corrected chi connectivity index (χ3v) is 3.59. The van der Waals surface area contributed by atoms with Crippen molar-refractivity contribution >= 4 is 0 Å². The van der Waals surface area contributed by atoms with Crippen LogP contribution in [0.15, 0.2) is 36.7 Å². The second-order valence-corrected chi connectivity index (χ2v) is 5.72. The zero-order valence-corrected chi connectivity index (χ0v) is 12.9. The van der Waals surface area contributed by atoms with Gasteiger partial charge in [-0.2, -0.15) is 0 Å². The first-order valence-corrected chi connectivity index (χ1v) is 7.32. The van der Waals surface area contributed by atoms with E-state index in [0.717, 1.165) is 36.5 Å². The third-order valence-electron chi connectivity index (χ3n) is 3.59. The van der Waals surface area contributed by atoms with E-state index in [1.54, 1.807) is 12.1 Å². The fourth-order valence-corrected chi connectivity index (χ4v) is 2.17. The molecule has 0 saturated heterocycles. The van der Waals surface area contributed by atoms with Crippen molar-refractivity contribution in [3.8, 4) is 0 Å². The summed E-state index contributed by atoms with van der Waals surface area (Å²) in [6.07, 6.45) is 4.82. The first kappa shape index (κ1) is 15.6. The molecule has 1 aromatic heterocycles. The molecular formula is C17H22FN3. The van der Waals surface area contributed by atoms with Crippen molar-refractivity contribution in [2.24, 2.45) is 0 Å². The third kappa shape index (κ3) is 3.85. The number of halogens is 1. The summed E-state index contributed by atoms with van der Waals surface area (Å²) in [6, 6.07) is 6.52. The summed E-state index contributed by atoms with van der Waals surface area (Å²) >= 11 is 0. The van der Waals surface area contributed by atoms with Gasteiger partial charge in [0.05, 0.1) is 0 Å². The smallest absolute Gasteiger partial charge is 0.138 e. The summed E-state index contributed by atoms with van der Waals surface area (Å²) < 4.78 is 13.0. The molecule has 0 amide bonds. The Labute approximate surface area is 125 Å². The summed E-state index contributed by atoms with van der Waals surface area (Å²) in [7, 11) is 0. The molecule has 0 atom stereocenters. The van der Waals surface area contributed by atoms with Crippen LogP contribution in [-0.4, -0.2) is 16.5 Å². The molecule has 0 saturated carbocycles. The van der Waals surface area contributed by atoms with Crippen LogP contribution in [0.4, 0.5) is 4.39 Å². The van der Waals surface area contributed by atoms with Crippen LogP contribution in [0.3, 0.4) is 0 Å². The monoisotopic (exact) mass is 287 g/mol. The van der Waals surface area contributed by atoms with Crippen molar-refractivity contribution in [3.63, 3.8) is 0 Å². The summed E-state index contributed by atoms with van der Waals surface area (Å²) in [5.74, 6) is 0.515. The molecule has 2 aromatic rings. The Morgan fingerprint density at radius 3 is 2.29 bits per heavy atom. The number of aromatic nitrogens is 2. The Balaban J connectivity index is 2.14. The van der Waals surface area contributed by atoms with Crippen molar-refractivity contribution < 1.29 is 4.39 Å². The Kier molecular flexibility index (Phi) is 5.02. The van der Waals surface area contributed by atoms with Gasteiger partial charge < -0.3 is 5.32 Å². The molecule has 0 unspecified atom stereocenters. The second-order valence-electron chi connectivity index (χ2n) is 5.72. The molecule has 2 rings (SSSR count). The van der Waals surface area contributed by atoms with E-state index in [2.05, 4.69) is 22.2 Å². The lowest BCUT2D eigenvalue weighted by atomic mass is 9.84. The minimum absolute atomic E-state index is 0.229. The fraction of sp³-hybridized carbons (Fsp3) is 0.412. The maximum atomic E-state index is 13.0. The van der Waals surface area contributed by atoms with Gasteiger partial charge in [0, 0.05) is 29.9 Å². The molecule has 0 bridgehead atoms. The summed E-state index contributed by atoms with van der Waals surface area (Å²) in [5, 5.41) is 3.33. The highest BCUT2D eigenvalue weighted by Gasteiger charge is 2.26. The van der Waals surface area contributed by atoms with E-state index in [-0.39, 0.29) is 11.2 Å². The molecule has 1 heterocycles. The van der Waals surface area contributed by atoms with E-state index in [1.165, 1.54) is 12.1 Å². The average Bonchev–Trinajstić information content (AvgIpc) is 2.48. The van der Waals surface area contributed by atoms with Gasteiger partial charge >= 0.3 is 0 Å². The van der Waals surface area contributed by atoms with Gasteiger partial charge in [-0.05, 0) is 44.5 Å². The number of hydrogen-bond donors (Lipinski definition) is 1. The molecule has 112 valence electrons. The van der Waals surface area contributed by atoms with Gasteiger partial charge in [-0.3, -0.25) is 0 Å². The predicted octanol–water partition coefficient (Wildman–Crippen LogP) is 3.44. The minimum Gasteiger partial charge on any atom is -0.313 e. The van der Waals surface area contributed by atoms with Gasteiger partial charge in [0.25, 0.3) is 0 Å². The number of hydrogen-bond acceptors (Lipinski definition) is 3. The van der Waals surface area contributed by atoms with Gasteiger partial charge in [0.2, 0.25) is 0 Å². The standard InChI is InChI=1S/C17H22FN3/c1-4-9-19-10-13-11-20-16(21-12-13)17(2,3)14-5-7-15(18)8-6-14/h5-8,11-12,19H,4,9-10H2,1-3H3. The Bertz CT molecular complexity index is 562. The topological polar surface area (TPSA) is 37.8 Å². The van der Waals surface area contributed by atoms with E-state index in [0.29, 0.717) is 0 Å². The van der Waals surface area contributed by atoms with Gasteiger partial charge in [-0.1, -0.05) is 19.1 Å². The van der Waals surface area contributed by atoms with Crippen LogP contribution in [0, 0.1) is 5.82 Å². The van der Waals surface area contributed by atoms with Crippen LogP contribution in [0.2, 0.25) is 0 Å². The maximum absolute atomic E-state index is 13.0. The Hall–Kier alpha value is -1.81. The zero-order valence-electron chi connectivity index (χ0n) is 12.9. The largest absolute Gasteiger partial charge is 0.313 e. The molecule has 1 N–H and O–H groups in total. The van der Waals surface area contributed by atoms with E-state index in [9.17, 15) is 4.39 Å². The zero-order chi connectivity index (χ0) is 15.3. The van der Waals surface area contributed by atoms with Crippen molar-refractivity contribution in [1.29, 1.82) is 0 Å². The van der Waals surface area contributed by atoms with E-state index < -0.39 is 0 Å². The summed E-state index contributed by atoms with van der Waals surface area (Å²) in [6.45, 7) is 8.00. The first-order valence-electron chi connectivity index (χ1n) is 7.32. The lowest BCUT2D eigenvalue weighted by Gasteiger charge is -2.23. The van der Waals surface area contributed by atoms with Gasteiger partial charge in [0.15, 0.2) is 0 Å². The van der Waals surface area contributed by atoms with Crippen molar-refractivity contribution in [2.45, 2.75) is 39.2 Å². The van der Waals surface area contributed by atoms with Crippen LogP contribution in [0.1, 0.15) is 44.1 Å². The predicted molar refractivity (Wildman–Crippen MR) is 82.6 cm³/mol. The number of nitrogens with zero attached hydrogens (tertiary/aromatic N) is 2. The van der Waals surface area contributed by atoms with Gasteiger partial charge in [-0.15, -0.1) is 0 Å². The highest BCUT2D eigenvalue weighted by Crippen LogP contribution is 2.28. The summed E-state index contributed by atoms with van der Waals surface area (Å²) in [5.41, 5.74) is 1.73. The van der Waals surface area contributed by atoms with Crippen molar-refractivity contribution in [1.82, 2.24) is 15.3 Å². The number of rotatable bonds is 6. The van der Waals surface area contributed by atoms with Crippen LogP contribution in [-0.2, 0) is 12.0 Å². The molecule has 0 fully saturated rings. The molecule has 21 heavy (non-hydrogen) atoms. The molecule has 0 aliphatic heterocycles. The van der Waals surface area contributed by atoms with E-state index in [4.69, 9.17) is 0 Å². The number of nitrogens with one attached hydrogen (secondary N) is 1. The molecular weight excluding hydrogens is 265 g/mol. The van der Waals surface area contributed by atoms with Crippen LogP contribution >= 0.6 is 0 Å². The molecule has 0 aliphatic rings. The Morgan fingerprint density at radius 1 is 1.10 bits per heavy atom. The normalized spacial score (nSPS) is 11.6. The van der Waals surface area contributed by atoms with Crippen LogP contribution in [0.25, 0.3) is 0 Å². The molecule has 0 spiro atoms. The lowest BCUT2D eigenvalue weighted by Crippen LogP contribution is -2.23. The molecule has 3 nitrogen and oxygen atoms in total. The fourth-order valence-electron chi connectivity index (χ4n) is 2.17. The highest BCUT2D eigenvalue weighted by molar-refractivity contribution is 5.31. The first-order chi connectivity index (χ1) is 10.0. The van der Waals surface area contributed by atoms with Crippen LogP contribution < -0.4 is 5.32 Å². The second kappa shape index (κ2) is 6.76. The van der Waals surface area contributed by atoms with Gasteiger partial charge in [-0.25, -0.2) is 14.4 Å². The van der Waals surface area contributed by atoms with Gasteiger partial charge in [0.1, 0.15) is 11.6 Å². The van der Waals surface area contributed by atoms with Crippen molar-refractivity contribution in [2.75, 3.05) is 6.54 Å². The minimum atomic E-state index is -0.344. The van der Waals surface area contributed by atoms with Crippen molar-refractivity contribution in [3.05, 3.63) is 59.4 Å². The van der Waals surface area contributed by atoms with E-state index in [1.807, 2.05) is 26.2 Å². The SMILES string of the molecule is CCCNCc1cnc(C(C)(C)c2ccc(F)cc2)nc1. The lowest BCUT2D eigenvalue weighted by molar-refractivity contribution is 0.579. The quantitative estimate of drug-likeness (QED) is 0.827. The maximum Gasteiger partial charge on any atom is 0.138 e. The highest BCUT2D eigenvalue weighted by atomic mass is 19.1. The van der Waals surface area contributed by atoms with E-state index >= 15 is 0 Å².